The fourth-order valence-corrected chi connectivity index (χ4v) is 2.39. The molecule has 12 heteroatoms. The summed E-state index contributed by atoms with van der Waals surface area (Å²) in [7, 11) is 3.88. The monoisotopic (exact) mass is 419 g/mol. The van der Waals surface area contributed by atoms with Crippen molar-refractivity contribution in [3.05, 3.63) is 24.3 Å². The normalized spacial score (nSPS) is 18.8. The Morgan fingerprint density at radius 1 is 1.24 bits per heavy atom. The molecule has 2 atom stereocenters. The minimum atomic E-state index is -4.79. The maximum absolute atomic E-state index is 13.9. The van der Waals surface area contributed by atoms with Crippen molar-refractivity contribution in [2.24, 2.45) is 0 Å². The first-order valence-electron chi connectivity index (χ1n) is 8.76. The molecule has 0 aliphatic carbocycles. The summed E-state index contributed by atoms with van der Waals surface area (Å²) in [5.74, 6) is -0.368. The van der Waals surface area contributed by atoms with Gasteiger partial charge in [0.05, 0.1) is 0 Å². The van der Waals surface area contributed by atoms with Crippen molar-refractivity contribution in [3.63, 3.8) is 0 Å². The van der Waals surface area contributed by atoms with E-state index in [1.165, 1.54) is 12.1 Å². The van der Waals surface area contributed by atoms with Crippen LogP contribution in [0.3, 0.4) is 0 Å². The zero-order valence-corrected chi connectivity index (χ0v) is 15.9. The summed E-state index contributed by atoms with van der Waals surface area (Å²) in [5.41, 5.74) is 0.235. The number of hydrogen-bond donors (Lipinski definition) is 4. The average molecular weight is 419 g/mol. The van der Waals surface area contributed by atoms with E-state index >= 15 is 0 Å². The summed E-state index contributed by atoms with van der Waals surface area (Å²) in [6.45, 7) is 1.41. The molecule has 0 fully saturated rings. The van der Waals surface area contributed by atoms with E-state index in [0.717, 1.165) is 31.3 Å². The summed E-state index contributed by atoms with van der Waals surface area (Å²) >= 11 is 0. The van der Waals surface area contributed by atoms with Crippen LogP contribution in [0.15, 0.2) is 24.3 Å². The van der Waals surface area contributed by atoms with E-state index in [1.54, 1.807) is 0 Å². The van der Waals surface area contributed by atoms with Gasteiger partial charge in [0.2, 0.25) is 6.17 Å². The number of alkyl halides is 4. The van der Waals surface area contributed by atoms with Crippen molar-refractivity contribution >= 4 is 23.9 Å². The van der Waals surface area contributed by atoms with E-state index in [1.807, 2.05) is 19.0 Å². The number of anilines is 1. The van der Waals surface area contributed by atoms with E-state index < -0.39 is 30.5 Å². The van der Waals surface area contributed by atoms with Gasteiger partial charge in [-0.15, -0.1) is 13.2 Å². The average Bonchev–Trinajstić information content (AvgIpc) is 2.61. The molecule has 1 heterocycles. The summed E-state index contributed by atoms with van der Waals surface area (Å²) in [6.07, 6.45) is -5.03. The molecule has 160 valence electrons. The Bertz CT molecular complexity index is 747. The molecular weight excluding hydrogens is 396 g/mol. The molecule has 0 bridgehead atoms. The number of ether oxygens (including phenoxy) is 1. The Morgan fingerprint density at radius 2 is 1.93 bits per heavy atom. The lowest BCUT2D eigenvalue weighted by Crippen LogP contribution is -2.60. The van der Waals surface area contributed by atoms with E-state index in [4.69, 9.17) is 0 Å². The van der Waals surface area contributed by atoms with Crippen LogP contribution < -0.4 is 30.7 Å². The van der Waals surface area contributed by atoms with Gasteiger partial charge in [-0.05, 0) is 57.9 Å². The van der Waals surface area contributed by atoms with E-state index in [-0.39, 0.29) is 11.6 Å². The number of guanidine groups is 1. The van der Waals surface area contributed by atoms with Crippen molar-refractivity contribution in [3.8, 4) is 5.75 Å². The highest BCUT2D eigenvalue weighted by Crippen LogP contribution is 2.23. The van der Waals surface area contributed by atoms with Gasteiger partial charge in [-0.2, -0.15) is 5.32 Å². The zero-order chi connectivity index (χ0) is 21.4. The summed E-state index contributed by atoms with van der Waals surface area (Å²) in [6, 6.07) is 3.92. The number of hydrogen-bond acceptors (Lipinski definition) is 5. The van der Waals surface area contributed by atoms with Gasteiger partial charge in [0, 0.05) is 5.69 Å². The highest BCUT2D eigenvalue weighted by atomic mass is 19.4. The number of carbonyl (C=O) groups is 1. The van der Waals surface area contributed by atoms with Crippen LogP contribution in [0.5, 0.6) is 5.75 Å². The molecule has 1 aliphatic rings. The van der Waals surface area contributed by atoms with Gasteiger partial charge in [0.1, 0.15) is 5.75 Å². The van der Waals surface area contributed by atoms with Crippen LogP contribution in [0.2, 0.25) is 0 Å². The molecule has 0 saturated heterocycles. The molecule has 0 aromatic heterocycles. The molecule has 1 aromatic rings. The van der Waals surface area contributed by atoms with E-state index in [9.17, 15) is 22.4 Å². The largest absolute Gasteiger partial charge is 0.573 e. The number of halogens is 4. The second-order valence-corrected chi connectivity index (χ2v) is 6.46. The molecule has 4 N–H and O–H groups in total. The topological polar surface area (TPSA) is 91.8 Å². The zero-order valence-electron chi connectivity index (χ0n) is 15.9. The first-order valence-corrected chi connectivity index (χ1v) is 8.76. The number of benzene rings is 1. The number of urea groups is 1. The molecule has 0 radical (unpaired) electrons. The Kier molecular flexibility index (Phi) is 7.82. The molecule has 0 spiro atoms. The van der Waals surface area contributed by atoms with Crippen molar-refractivity contribution in [2.45, 2.75) is 25.1 Å². The van der Waals surface area contributed by atoms with Gasteiger partial charge in [0.15, 0.2) is 12.4 Å². The lowest BCUT2D eigenvalue weighted by Gasteiger charge is -2.20. The fraction of sp³-hybridized carbons (Fsp3) is 0.471. The van der Waals surface area contributed by atoms with Crippen molar-refractivity contribution < 1.29 is 27.1 Å². The number of nitrogens with one attached hydrogen (secondary N) is 4. The van der Waals surface area contributed by atoms with Crippen LogP contribution in [0.25, 0.3) is 0 Å². The standard InChI is InChI=1S/C17H22F4N6O2/c1-27(2)9-3-8-22-14-13(18)10-23-15(25-14)26-16(28)24-11-4-6-12(7-5-11)29-17(19,20)21/h4-7,10,13-14,22H,3,8-9H2,1-2H3,(H2,24,25,26,28)/p+1. The van der Waals surface area contributed by atoms with Gasteiger partial charge in [-0.25, -0.2) is 19.2 Å². The molecule has 0 saturated carbocycles. The van der Waals surface area contributed by atoms with Crippen LogP contribution >= 0.6 is 0 Å². The maximum atomic E-state index is 13.9. The van der Waals surface area contributed by atoms with E-state index in [0.29, 0.717) is 6.54 Å². The Hall–Kier alpha value is -2.82. The number of rotatable bonds is 7. The lowest BCUT2D eigenvalue weighted by molar-refractivity contribution is -0.274. The number of nitrogens with zero attached hydrogens (tertiary/aromatic N) is 2. The third-order valence-corrected chi connectivity index (χ3v) is 3.68. The molecule has 1 aliphatic heterocycles. The van der Waals surface area contributed by atoms with Gasteiger partial charge in [-0.3, -0.25) is 10.6 Å². The predicted molar refractivity (Wildman–Crippen MR) is 101 cm³/mol. The minimum Gasteiger partial charge on any atom is -0.406 e. The van der Waals surface area contributed by atoms with E-state index in [2.05, 4.69) is 30.7 Å². The third kappa shape index (κ3) is 8.38. The van der Waals surface area contributed by atoms with Gasteiger partial charge < -0.3 is 9.64 Å². The number of amides is 2. The molecule has 2 amide bonds. The Balaban J connectivity index is 1.82. The molecule has 8 nitrogen and oxygen atoms in total. The van der Waals surface area contributed by atoms with Crippen molar-refractivity contribution in [1.29, 1.82) is 0 Å². The maximum Gasteiger partial charge on any atom is 0.573 e. The van der Waals surface area contributed by atoms with Crippen molar-refractivity contribution in [1.82, 2.24) is 25.5 Å². The minimum absolute atomic E-state index is 0.0403. The predicted octanol–water partition coefficient (Wildman–Crippen LogP) is 1.01. The summed E-state index contributed by atoms with van der Waals surface area (Å²) < 4.78 is 57.9. The fourth-order valence-electron chi connectivity index (χ4n) is 2.39. The second kappa shape index (κ2) is 10.1. The molecule has 2 unspecified atom stereocenters. The van der Waals surface area contributed by atoms with Gasteiger partial charge in [-0.1, -0.05) is 0 Å². The third-order valence-electron chi connectivity index (χ3n) is 3.68. The highest BCUT2D eigenvalue weighted by Gasteiger charge is 2.32. The van der Waals surface area contributed by atoms with Gasteiger partial charge >= 0.3 is 18.4 Å². The molecular formula is C17H23F4N6O2+. The van der Waals surface area contributed by atoms with Crippen LogP contribution in [-0.4, -0.2) is 69.0 Å². The quantitative estimate of drug-likeness (QED) is 0.301. The van der Waals surface area contributed by atoms with Crippen LogP contribution in [0.4, 0.5) is 28.0 Å². The molecule has 2 rings (SSSR count). The highest BCUT2D eigenvalue weighted by molar-refractivity contribution is 6.03. The number of carbonyl (C=O) groups excluding carboxylic acids is 1. The Labute approximate surface area is 165 Å². The lowest BCUT2D eigenvalue weighted by atomic mass is 10.3. The summed E-state index contributed by atoms with van der Waals surface area (Å²) in [4.78, 5) is 14.0. The molecule has 29 heavy (non-hydrogen) atoms. The Morgan fingerprint density at radius 3 is 2.55 bits per heavy atom. The first kappa shape index (κ1) is 22.5. The van der Waals surface area contributed by atoms with Crippen LogP contribution in [0.1, 0.15) is 6.42 Å². The van der Waals surface area contributed by atoms with Gasteiger partial charge in [0.25, 0.3) is 0 Å². The second-order valence-electron chi connectivity index (χ2n) is 6.46. The summed E-state index contributed by atoms with van der Waals surface area (Å²) in [5, 5.41) is 10.6. The smallest absolute Gasteiger partial charge is 0.406 e. The SMILES string of the molecule is CN(C)CCCNC1NC(NC(=O)Nc2ccc(OC(F)(F)F)cc2)=[N+]=CC1F. The van der Waals surface area contributed by atoms with Crippen LogP contribution in [0, 0.1) is 0 Å². The van der Waals surface area contributed by atoms with Crippen molar-refractivity contribution in [2.75, 3.05) is 32.5 Å². The molecule has 1 aromatic carbocycles. The first-order chi connectivity index (χ1) is 13.6. The van der Waals surface area contributed by atoms with Crippen LogP contribution in [-0.2, 0) is 0 Å².